The Morgan fingerprint density at radius 3 is 3.00 bits per heavy atom. The molecule has 3 nitrogen and oxygen atoms in total. The largest absolute Gasteiger partial charge is 0.448 e. The number of rotatable bonds is 1. The highest BCUT2D eigenvalue weighted by Gasteiger charge is 2.49. The van der Waals surface area contributed by atoms with Crippen molar-refractivity contribution in [2.75, 3.05) is 19.6 Å². The zero-order chi connectivity index (χ0) is 8.02. The van der Waals surface area contributed by atoms with E-state index in [2.05, 4.69) is 9.88 Å². The molecule has 0 spiro atoms. The summed E-state index contributed by atoms with van der Waals surface area (Å²) in [4.78, 5) is 6.72. The van der Waals surface area contributed by atoms with Crippen LogP contribution in [0.1, 0.15) is 18.7 Å². The van der Waals surface area contributed by atoms with E-state index in [0.29, 0.717) is 5.41 Å². The molecule has 3 fully saturated rings. The van der Waals surface area contributed by atoms with Crippen LogP contribution in [0, 0.1) is 0 Å². The molecule has 4 rings (SSSR count). The third-order valence-electron chi connectivity index (χ3n) is 3.07. The molecule has 3 aliphatic rings. The number of piperidine rings is 2. The first-order chi connectivity index (χ1) is 5.89. The lowest BCUT2D eigenvalue weighted by Gasteiger charge is -2.52. The molecular formula is C9H12N2O. The van der Waals surface area contributed by atoms with Gasteiger partial charge >= 0.3 is 0 Å². The van der Waals surface area contributed by atoms with Crippen molar-refractivity contribution in [1.29, 1.82) is 0 Å². The van der Waals surface area contributed by atoms with Gasteiger partial charge in [0.2, 0.25) is 5.89 Å². The lowest BCUT2D eigenvalue weighted by atomic mass is 9.72. The van der Waals surface area contributed by atoms with E-state index in [0.717, 1.165) is 19.0 Å². The Bertz CT molecular complexity index is 269. The van der Waals surface area contributed by atoms with Gasteiger partial charge in [-0.05, 0) is 19.4 Å². The zero-order valence-corrected chi connectivity index (χ0v) is 6.99. The minimum absolute atomic E-state index is 0.293. The maximum Gasteiger partial charge on any atom is 0.202 e. The maximum atomic E-state index is 5.38. The number of hydrogen-bond donors (Lipinski definition) is 0. The van der Waals surface area contributed by atoms with Gasteiger partial charge in [-0.3, -0.25) is 0 Å². The minimum Gasteiger partial charge on any atom is -0.448 e. The summed E-state index contributed by atoms with van der Waals surface area (Å²) in [5, 5.41) is 0. The van der Waals surface area contributed by atoms with Crippen molar-refractivity contribution < 1.29 is 4.42 Å². The third kappa shape index (κ3) is 0.719. The molecule has 1 aromatic rings. The van der Waals surface area contributed by atoms with Crippen molar-refractivity contribution in [3.05, 3.63) is 18.4 Å². The average Bonchev–Trinajstić information content (AvgIpc) is 2.55. The van der Waals surface area contributed by atoms with Crippen molar-refractivity contribution >= 4 is 0 Å². The van der Waals surface area contributed by atoms with Crippen LogP contribution in [0.25, 0.3) is 0 Å². The van der Waals surface area contributed by atoms with Gasteiger partial charge in [0.1, 0.15) is 6.26 Å². The van der Waals surface area contributed by atoms with Gasteiger partial charge in [0, 0.05) is 13.1 Å². The first-order valence-electron chi connectivity index (χ1n) is 4.51. The normalized spacial score (nSPS) is 39.2. The van der Waals surface area contributed by atoms with Crippen LogP contribution in [0.3, 0.4) is 0 Å². The molecule has 0 aliphatic carbocycles. The Morgan fingerprint density at radius 1 is 1.50 bits per heavy atom. The van der Waals surface area contributed by atoms with E-state index in [9.17, 15) is 0 Å². The smallest absolute Gasteiger partial charge is 0.202 e. The molecular weight excluding hydrogens is 152 g/mol. The summed E-state index contributed by atoms with van der Waals surface area (Å²) in [5.41, 5.74) is 0.293. The van der Waals surface area contributed by atoms with Gasteiger partial charge in [-0.1, -0.05) is 0 Å². The van der Waals surface area contributed by atoms with Crippen molar-refractivity contribution in [3.8, 4) is 0 Å². The quantitative estimate of drug-likeness (QED) is 0.620. The summed E-state index contributed by atoms with van der Waals surface area (Å²) in [6, 6.07) is 0. The summed E-state index contributed by atoms with van der Waals surface area (Å²) in [6.45, 7) is 3.59. The molecule has 1 aromatic heterocycles. The van der Waals surface area contributed by atoms with Gasteiger partial charge in [0.05, 0.1) is 11.6 Å². The summed E-state index contributed by atoms with van der Waals surface area (Å²) < 4.78 is 5.38. The molecule has 0 saturated carbocycles. The van der Waals surface area contributed by atoms with E-state index >= 15 is 0 Å². The SMILES string of the molecule is c1coc(C23CCCN(C2)C3)n1. The topological polar surface area (TPSA) is 29.3 Å². The second-order valence-electron chi connectivity index (χ2n) is 3.93. The van der Waals surface area contributed by atoms with Crippen molar-refractivity contribution in [2.24, 2.45) is 0 Å². The fraction of sp³-hybridized carbons (Fsp3) is 0.667. The predicted molar refractivity (Wildman–Crippen MR) is 43.9 cm³/mol. The van der Waals surface area contributed by atoms with Crippen LogP contribution in [0.5, 0.6) is 0 Å². The molecule has 0 N–H and O–H groups in total. The van der Waals surface area contributed by atoms with Gasteiger partial charge < -0.3 is 9.32 Å². The lowest BCUT2D eigenvalue weighted by Crippen LogP contribution is -2.63. The molecule has 0 atom stereocenters. The number of hydrogen-bond acceptors (Lipinski definition) is 3. The van der Waals surface area contributed by atoms with Crippen LogP contribution in [0.4, 0.5) is 0 Å². The van der Waals surface area contributed by atoms with Crippen molar-refractivity contribution in [2.45, 2.75) is 18.3 Å². The standard InChI is InChI=1S/C9H12N2O/c1-2-9(6-11(4-1)7-9)8-10-3-5-12-8/h3,5H,1-2,4,6-7H2. The van der Waals surface area contributed by atoms with Crippen molar-refractivity contribution in [1.82, 2.24) is 9.88 Å². The highest BCUT2D eigenvalue weighted by Crippen LogP contribution is 2.41. The molecule has 3 heteroatoms. The highest BCUT2D eigenvalue weighted by molar-refractivity contribution is 5.16. The summed E-state index contributed by atoms with van der Waals surface area (Å²) in [6.07, 6.45) is 5.98. The number of aromatic nitrogens is 1. The molecule has 64 valence electrons. The summed E-state index contributed by atoms with van der Waals surface area (Å²) in [5.74, 6) is 0.957. The van der Waals surface area contributed by atoms with Gasteiger partial charge in [0.25, 0.3) is 0 Å². The Kier molecular flexibility index (Phi) is 1.17. The monoisotopic (exact) mass is 164 g/mol. The zero-order valence-electron chi connectivity index (χ0n) is 6.99. The second kappa shape index (κ2) is 2.10. The van der Waals surface area contributed by atoms with Gasteiger partial charge in [-0.2, -0.15) is 0 Å². The molecule has 0 radical (unpaired) electrons. The molecule has 2 bridgehead atoms. The third-order valence-corrected chi connectivity index (χ3v) is 3.07. The van der Waals surface area contributed by atoms with E-state index in [1.54, 1.807) is 12.5 Å². The number of fused-ring (bicyclic) bond motifs is 2. The van der Waals surface area contributed by atoms with Crippen LogP contribution in [0.15, 0.2) is 16.9 Å². The first kappa shape index (κ1) is 6.66. The van der Waals surface area contributed by atoms with E-state index < -0.39 is 0 Å². The Hall–Kier alpha value is -0.830. The molecule has 3 saturated heterocycles. The van der Waals surface area contributed by atoms with Crippen LogP contribution >= 0.6 is 0 Å². The minimum atomic E-state index is 0.293. The molecule has 3 aliphatic heterocycles. The predicted octanol–water partition coefficient (Wildman–Crippen LogP) is 1.02. The molecule has 12 heavy (non-hydrogen) atoms. The van der Waals surface area contributed by atoms with Crippen molar-refractivity contribution in [3.63, 3.8) is 0 Å². The van der Waals surface area contributed by atoms with Crippen LogP contribution in [0.2, 0.25) is 0 Å². The van der Waals surface area contributed by atoms with E-state index in [-0.39, 0.29) is 0 Å². The van der Waals surface area contributed by atoms with E-state index in [4.69, 9.17) is 4.42 Å². The maximum absolute atomic E-state index is 5.38. The van der Waals surface area contributed by atoms with E-state index in [1.807, 2.05) is 0 Å². The summed E-state index contributed by atoms with van der Waals surface area (Å²) >= 11 is 0. The van der Waals surface area contributed by atoms with Gasteiger partial charge in [-0.15, -0.1) is 0 Å². The molecule has 0 amide bonds. The summed E-state index contributed by atoms with van der Waals surface area (Å²) in [7, 11) is 0. The molecule has 0 aromatic carbocycles. The Balaban J connectivity index is 1.93. The highest BCUT2D eigenvalue weighted by atomic mass is 16.3. The van der Waals surface area contributed by atoms with E-state index in [1.165, 1.54) is 19.4 Å². The average molecular weight is 164 g/mol. The van der Waals surface area contributed by atoms with Crippen LogP contribution in [-0.2, 0) is 5.41 Å². The molecule has 0 unspecified atom stereocenters. The van der Waals surface area contributed by atoms with Gasteiger partial charge in [0.15, 0.2) is 0 Å². The second-order valence-corrected chi connectivity index (χ2v) is 3.93. The Morgan fingerprint density at radius 2 is 2.42 bits per heavy atom. The van der Waals surface area contributed by atoms with Gasteiger partial charge in [-0.25, -0.2) is 4.98 Å². The number of oxazole rings is 1. The number of nitrogens with zero attached hydrogens (tertiary/aromatic N) is 2. The molecule has 4 heterocycles. The van der Waals surface area contributed by atoms with Crippen LogP contribution in [-0.4, -0.2) is 29.5 Å². The lowest BCUT2D eigenvalue weighted by molar-refractivity contribution is -0.00353. The van der Waals surface area contributed by atoms with Crippen LogP contribution < -0.4 is 0 Å². The first-order valence-corrected chi connectivity index (χ1v) is 4.51. The fourth-order valence-electron chi connectivity index (χ4n) is 2.49. The Labute approximate surface area is 71.4 Å². The fourth-order valence-corrected chi connectivity index (χ4v) is 2.49.